The molecule has 0 bridgehead atoms. The number of aryl methyl sites for hydroxylation is 1. The number of nitrogens with zero attached hydrogens (tertiary/aromatic N) is 3. The summed E-state index contributed by atoms with van der Waals surface area (Å²) in [4.78, 5) is 6.66. The lowest BCUT2D eigenvalue weighted by molar-refractivity contribution is 0.00741. The van der Waals surface area contributed by atoms with Crippen LogP contribution in [-0.2, 0) is 31.4 Å². The minimum atomic E-state index is -0.515. The molecule has 1 aromatic carbocycles. The molecule has 0 amide bonds. The van der Waals surface area contributed by atoms with E-state index in [1.54, 1.807) is 0 Å². The van der Waals surface area contributed by atoms with Crippen molar-refractivity contribution in [1.82, 2.24) is 14.5 Å². The average molecular weight is 345 g/mol. The third kappa shape index (κ3) is 3.63. The normalized spacial score (nSPS) is 17.5. The first-order chi connectivity index (χ1) is 12.2. The minimum Gasteiger partial charge on any atom is -0.454 e. The second-order valence-corrected chi connectivity index (χ2v) is 6.59. The number of aliphatic hydroxyl groups excluding tert-OH is 1. The predicted molar refractivity (Wildman–Crippen MR) is 90.4 cm³/mol. The molecule has 0 aliphatic carbocycles. The monoisotopic (exact) mass is 345 g/mol. The van der Waals surface area contributed by atoms with Crippen LogP contribution in [0.5, 0.6) is 11.5 Å². The molecule has 7 nitrogen and oxygen atoms in total. The van der Waals surface area contributed by atoms with E-state index in [0.29, 0.717) is 19.8 Å². The Labute approximate surface area is 146 Å². The quantitative estimate of drug-likeness (QED) is 0.845. The second-order valence-electron chi connectivity index (χ2n) is 6.59. The lowest BCUT2D eigenvalue weighted by Gasteiger charge is -2.28. The molecule has 0 spiro atoms. The summed E-state index contributed by atoms with van der Waals surface area (Å²) in [5, 5.41) is 10.3. The third-order valence-electron chi connectivity index (χ3n) is 4.67. The number of ether oxygens (including phenoxy) is 3. The fourth-order valence-electron chi connectivity index (χ4n) is 3.36. The van der Waals surface area contributed by atoms with E-state index in [2.05, 4.69) is 14.5 Å². The summed E-state index contributed by atoms with van der Waals surface area (Å²) in [6, 6.07) is 5.75. The van der Waals surface area contributed by atoms with Gasteiger partial charge in [0.15, 0.2) is 11.5 Å². The van der Waals surface area contributed by atoms with Gasteiger partial charge in [-0.2, -0.15) is 0 Å². The Bertz CT molecular complexity index is 746. The van der Waals surface area contributed by atoms with Crippen LogP contribution in [0.3, 0.4) is 0 Å². The van der Waals surface area contributed by atoms with E-state index < -0.39 is 6.10 Å². The molecule has 7 heteroatoms. The van der Waals surface area contributed by atoms with Gasteiger partial charge in [0.05, 0.1) is 31.3 Å². The van der Waals surface area contributed by atoms with Crippen LogP contribution >= 0.6 is 0 Å². The van der Waals surface area contributed by atoms with Gasteiger partial charge in [0, 0.05) is 38.8 Å². The Kier molecular flexibility index (Phi) is 4.61. The molecule has 1 N–H and O–H groups in total. The number of hydrogen-bond donors (Lipinski definition) is 1. The SMILES string of the molecule is Cn1cnc2c1CCN(CC(O)COCc1ccc3c(c1)OCO3)C2. The largest absolute Gasteiger partial charge is 0.454 e. The van der Waals surface area contributed by atoms with Crippen molar-refractivity contribution in [2.45, 2.75) is 25.7 Å². The maximum atomic E-state index is 10.3. The Morgan fingerprint density at radius 2 is 2.20 bits per heavy atom. The molecule has 25 heavy (non-hydrogen) atoms. The molecule has 1 aromatic heterocycles. The molecule has 0 saturated carbocycles. The molecule has 0 radical (unpaired) electrons. The van der Waals surface area contributed by atoms with E-state index in [1.807, 2.05) is 31.6 Å². The van der Waals surface area contributed by atoms with Gasteiger partial charge < -0.3 is 23.9 Å². The molecule has 134 valence electrons. The average Bonchev–Trinajstić information content (AvgIpc) is 3.21. The third-order valence-corrected chi connectivity index (χ3v) is 4.67. The summed E-state index contributed by atoms with van der Waals surface area (Å²) in [5.74, 6) is 1.52. The van der Waals surface area contributed by atoms with Gasteiger partial charge in [-0.1, -0.05) is 6.07 Å². The first-order valence-corrected chi connectivity index (χ1v) is 8.55. The van der Waals surface area contributed by atoms with Crippen LogP contribution in [0.4, 0.5) is 0 Å². The molecular formula is C18H23N3O4. The van der Waals surface area contributed by atoms with Crippen molar-refractivity contribution in [3.63, 3.8) is 0 Å². The first-order valence-electron chi connectivity index (χ1n) is 8.55. The van der Waals surface area contributed by atoms with E-state index >= 15 is 0 Å². The molecule has 4 rings (SSSR count). The summed E-state index contributed by atoms with van der Waals surface area (Å²) >= 11 is 0. The van der Waals surface area contributed by atoms with Crippen molar-refractivity contribution in [2.24, 2.45) is 7.05 Å². The minimum absolute atomic E-state index is 0.270. The molecule has 2 aliphatic rings. The van der Waals surface area contributed by atoms with Gasteiger partial charge in [0.2, 0.25) is 6.79 Å². The highest BCUT2D eigenvalue weighted by molar-refractivity contribution is 5.44. The standard InChI is InChI=1S/C18H23N3O4/c1-20-11-19-15-8-21(5-4-16(15)20)7-14(22)10-23-9-13-2-3-17-18(6-13)25-12-24-17/h2-3,6,11,14,22H,4-5,7-10,12H2,1H3. The van der Waals surface area contributed by atoms with Crippen molar-refractivity contribution in [2.75, 3.05) is 26.5 Å². The summed E-state index contributed by atoms with van der Waals surface area (Å²) < 4.78 is 18.4. The zero-order valence-electron chi connectivity index (χ0n) is 14.4. The molecule has 0 fully saturated rings. The van der Waals surface area contributed by atoms with E-state index in [4.69, 9.17) is 14.2 Å². The van der Waals surface area contributed by atoms with Crippen molar-refractivity contribution in [1.29, 1.82) is 0 Å². The number of aliphatic hydroxyl groups is 1. The van der Waals surface area contributed by atoms with Gasteiger partial charge in [0.25, 0.3) is 0 Å². The molecular weight excluding hydrogens is 322 g/mol. The van der Waals surface area contributed by atoms with Gasteiger partial charge in [-0.15, -0.1) is 0 Å². The number of β-amino-alcohol motifs (C(OH)–C–C–N with tert-alkyl or cyclic N) is 1. The molecule has 3 heterocycles. The molecule has 1 unspecified atom stereocenters. The predicted octanol–water partition coefficient (Wildman–Crippen LogP) is 1.08. The van der Waals surface area contributed by atoms with Crippen molar-refractivity contribution in [3.05, 3.63) is 41.5 Å². The number of benzene rings is 1. The van der Waals surface area contributed by atoms with Crippen molar-refractivity contribution in [3.8, 4) is 11.5 Å². The smallest absolute Gasteiger partial charge is 0.231 e. The van der Waals surface area contributed by atoms with E-state index in [-0.39, 0.29) is 6.79 Å². The fourth-order valence-corrected chi connectivity index (χ4v) is 3.36. The van der Waals surface area contributed by atoms with Crippen LogP contribution in [0.15, 0.2) is 24.5 Å². The van der Waals surface area contributed by atoms with E-state index in [0.717, 1.165) is 42.3 Å². The topological polar surface area (TPSA) is 69.0 Å². The Morgan fingerprint density at radius 1 is 1.32 bits per heavy atom. The Hall–Kier alpha value is -2.09. The van der Waals surface area contributed by atoms with Crippen molar-refractivity contribution >= 4 is 0 Å². The summed E-state index contributed by atoms with van der Waals surface area (Å²) in [7, 11) is 2.03. The summed E-state index contributed by atoms with van der Waals surface area (Å²) in [6.45, 7) is 3.34. The van der Waals surface area contributed by atoms with Gasteiger partial charge in [-0.05, 0) is 17.7 Å². The molecule has 2 aromatic rings. The highest BCUT2D eigenvalue weighted by atomic mass is 16.7. The van der Waals surface area contributed by atoms with Gasteiger partial charge in [-0.3, -0.25) is 4.90 Å². The maximum absolute atomic E-state index is 10.3. The molecule has 0 saturated heterocycles. The lowest BCUT2D eigenvalue weighted by atomic mass is 10.1. The van der Waals surface area contributed by atoms with Crippen LogP contribution in [0.2, 0.25) is 0 Å². The molecule has 1 atom stereocenters. The summed E-state index contributed by atoms with van der Waals surface area (Å²) in [5.41, 5.74) is 3.42. The maximum Gasteiger partial charge on any atom is 0.231 e. The van der Waals surface area contributed by atoms with E-state index in [1.165, 1.54) is 5.69 Å². The second kappa shape index (κ2) is 7.03. The van der Waals surface area contributed by atoms with Crippen LogP contribution < -0.4 is 9.47 Å². The fraction of sp³-hybridized carbons (Fsp3) is 0.500. The Balaban J connectivity index is 1.22. The number of imidazole rings is 1. The number of aromatic nitrogens is 2. The lowest BCUT2D eigenvalue weighted by Crippen LogP contribution is -2.38. The van der Waals surface area contributed by atoms with Crippen LogP contribution in [-0.4, -0.2) is 52.2 Å². The number of hydrogen-bond acceptors (Lipinski definition) is 6. The highest BCUT2D eigenvalue weighted by Crippen LogP contribution is 2.32. The van der Waals surface area contributed by atoms with Gasteiger partial charge in [0.1, 0.15) is 0 Å². The summed E-state index contributed by atoms with van der Waals surface area (Å²) in [6.07, 6.45) is 2.31. The Morgan fingerprint density at radius 3 is 3.12 bits per heavy atom. The van der Waals surface area contributed by atoms with Gasteiger partial charge in [-0.25, -0.2) is 4.98 Å². The zero-order valence-corrected chi connectivity index (χ0v) is 14.4. The van der Waals surface area contributed by atoms with Crippen molar-refractivity contribution < 1.29 is 19.3 Å². The highest BCUT2D eigenvalue weighted by Gasteiger charge is 2.21. The van der Waals surface area contributed by atoms with Crippen LogP contribution in [0, 0.1) is 0 Å². The van der Waals surface area contributed by atoms with Crippen LogP contribution in [0.25, 0.3) is 0 Å². The van der Waals surface area contributed by atoms with Gasteiger partial charge >= 0.3 is 0 Å². The van der Waals surface area contributed by atoms with Crippen LogP contribution in [0.1, 0.15) is 17.0 Å². The first kappa shape index (κ1) is 16.4. The number of fused-ring (bicyclic) bond motifs is 2. The number of rotatable bonds is 6. The molecule has 2 aliphatic heterocycles. The van der Waals surface area contributed by atoms with E-state index in [9.17, 15) is 5.11 Å². The zero-order chi connectivity index (χ0) is 17.2.